The van der Waals surface area contributed by atoms with Gasteiger partial charge < -0.3 is 37.6 Å². The van der Waals surface area contributed by atoms with Crippen molar-refractivity contribution in [2.24, 2.45) is 5.73 Å². The molecule has 0 heterocycles. The van der Waals surface area contributed by atoms with Gasteiger partial charge in [0.2, 0.25) is 41.4 Å². The molecule has 0 aliphatic rings. The molecule has 0 bridgehead atoms. The smallest absolute Gasteiger partial charge is 0.243 e. The Morgan fingerprint density at radius 3 is 1.44 bits per heavy atom. The fourth-order valence-electron chi connectivity index (χ4n) is 1.91. The number of nitrogens with two attached hydrogens (primary N) is 1. The second-order valence-corrected chi connectivity index (χ2v) is 6.92. The topological polar surface area (TPSA) is 218 Å². The lowest BCUT2D eigenvalue weighted by Crippen LogP contribution is -2.50. The first-order valence-corrected chi connectivity index (χ1v) is 10.4. The Kier molecular flexibility index (Phi) is 14.3. The highest BCUT2D eigenvalue weighted by atomic mass is 32.1. The lowest BCUT2D eigenvalue weighted by molar-refractivity contribution is -0.130. The van der Waals surface area contributed by atoms with Gasteiger partial charge in [0.1, 0.15) is 12.1 Å². The Labute approximate surface area is 194 Å². The van der Waals surface area contributed by atoms with Crippen LogP contribution in [0.15, 0.2) is 0 Å². The molecule has 16 heteroatoms. The van der Waals surface area contributed by atoms with E-state index in [4.69, 9.17) is 5.73 Å². The number of hydrogen-bond donors (Lipinski definition) is 9. The van der Waals surface area contributed by atoms with E-state index in [9.17, 15) is 33.6 Å². The highest BCUT2D eigenvalue weighted by molar-refractivity contribution is 7.80. The largest absolute Gasteiger partial charge is 0.368 e. The third-order valence-corrected chi connectivity index (χ3v) is 4.23. The summed E-state index contributed by atoms with van der Waals surface area (Å²) in [6.45, 7) is -0.594. The number of thiol groups is 2. The quantitative estimate of drug-likeness (QED) is 0.107. The van der Waals surface area contributed by atoms with Crippen LogP contribution in [0.4, 0.5) is 0 Å². The average molecular weight is 494 g/mol. The van der Waals surface area contributed by atoms with Crippen molar-refractivity contribution in [1.29, 1.82) is 0 Å². The number of primary amides is 1. The number of rotatable bonds is 14. The van der Waals surface area contributed by atoms with Crippen molar-refractivity contribution in [3.63, 3.8) is 0 Å². The molecular weight excluding hydrogens is 466 g/mol. The molecule has 0 rings (SSSR count). The van der Waals surface area contributed by atoms with Gasteiger partial charge in [-0.2, -0.15) is 25.3 Å². The number of nitrogens with one attached hydrogen (secondary N) is 6. The normalized spacial score (nSPS) is 11.8. The third-order valence-electron chi connectivity index (χ3n) is 3.50. The van der Waals surface area contributed by atoms with Crippen LogP contribution in [0, 0.1) is 0 Å². The van der Waals surface area contributed by atoms with Crippen molar-refractivity contribution in [1.82, 2.24) is 31.9 Å². The summed E-state index contributed by atoms with van der Waals surface area (Å²) >= 11 is 7.79. The van der Waals surface area contributed by atoms with Crippen LogP contribution in [0.2, 0.25) is 0 Å². The maximum Gasteiger partial charge on any atom is 0.243 e. The number of hydrogen-bond acceptors (Lipinski definition) is 9. The van der Waals surface area contributed by atoms with Crippen LogP contribution in [0.3, 0.4) is 0 Å². The van der Waals surface area contributed by atoms with Crippen molar-refractivity contribution in [3.8, 4) is 0 Å². The van der Waals surface area contributed by atoms with Gasteiger partial charge in [-0.05, 0) is 0 Å². The molecule has 0 aromatic heterocycles. The predicted molar refractivity (Wildman–Crippen MR) is 118 cm³/mol. The van der Waals surface area contributed by atoms with Crippen LogP contribution < -0.4 is 37.6 Å². The molecule has 2 atom stereocenters. The van der Waals surface area contributed by atoms with Crippen LogP contribution in [0.1, 0.15) is 6.92 Å². The molecular formula is C16H27N7O7S2. The molecule has 0 spiro atoms. The number of amides is 7. The van der Waals surface area contributed by atoms with E-state index >= 15 is 0 Å². The number of carbonyl (C=O) groups excluding carboxylic acids is 7. The average Bonchev–Trinajstić information content (AvgIpc) is 2.74. The monoisotopic (exact) mass is 493 g/mol. The predicted octanol–water partition coefficient (Wildman–Crippen LogP) is -5.21. The maximum absolute atomic E-state index is 11.8. The van der Waals surface area contributed by atoms with E-state index in [1.165, 1.54) is 6.92 Å². The number of carbonyl (C=O) groups is 7. The van der Waals surface area contributed by atoms with Gasteiger partial charge >= 0.3 is 0 Å². The molecule has 0 aromatic carbocycles. The molecule has 0 fully saturated rings. The van der Waals surface area contributed by atoms with Gasteiger partial charge in [0.05, 0.1) is 26.2 Å². The highest BCUT2D eigenvalue weighted by Crippen LogP contribution is 1.88. The van der Waals surface area contributed by atoms with Gasteiger partial charge in [-0.15, -0.1) is 0 Å². The van der Waals surface area contributed by atoms with Crippen LogP contribution >= 0.6 is 25.3 Å². The molecule has 8 N–H and O–H groups in total. The van der Waals surface area contributed by atoms with E-state index in [0.717, 1.165) is 0 Å². The van der Waals surface area contributed by atoms with E-state index in [1.54, 1.807) is 0 Å². The van der Waals surface area contributed by atoms with Crippen LogP contribution in [-0.2, 0) is 33.6 Å². The summed E-state index contributed by atoms with van der Waals surface area (Å²) < 4.78 is 0. The van der Waals surface area contributed by atoms with Crippen molar-refractivity contribution in [3.05, 3.63) is 0 Å². The molecule has 7 amide bonds. The summed E-state index contributed by atoms with van der Waals surface area (Å²) in [4.78, 5) is 80.4. The summed E-state index contributed by atoms with van der Waals surface area (Å²) in [5.74, 6) is -4.54. The Morgan fingerprint density at radius 1 is 0.656 bits per heavy atom. The summed E-state index contributed by atoms with van der Waals surface area (Å²) in [5.41, 5.74) is 5.05. The Balaban J connectivity index is 4.11. The summed E-state index contributed by atoms with van der Waals surface area (Å²) in [6.07, 6.45) is 0. The fraction of sp³-hybridized carbons (Fsp3) is 0.562. The molecule has 0 radical (unpaired) electrons. The highest BCUT2D eigenvalue weighted by Gasteiger charge is 2.19. The van der Waals surface area contributed by atoms with Crippen LogP contribution in [0.25, 0.3) is 0 Å². The Morgan fingerprint density at radius 2 is 1.06 bits per heavy atom. The first-order chi connectivity index (χ1) is 15.0. The van der Waals surface area contributed by atoms with Crippen molar-refractivity contribution >= 4 is 66.6 Å². The van der Waals surface area contributed by atoms with Crippen LogP contribution in [-0.4, -0.2) is 91.1 Å². The van der Waals surface area contributed by atoms with Gasteiger partial charge in [0.25, 0.3) is 0 Å². The zero-order valence-corrected chi connectivity index (χ0v) is 19.0. The van der Waals surface area contributed by atoms with E-state index in [2.05, 4.69) is 57.2 Å². The molecule has 0 aliphatic carbocycles. The minimum Gasteiger partial charge on any atom is -0.368 e. The van der Waals surface area contributed by atoms with Gasteiger partial charge in [0, 0.05) is 18.4 Å². The van der Waals surface area contributed by atoms with Gasteiger partial charge in [-0.3, -0.25) is 33.6 Å². The molecule has 32 heavy (non-hydrogen) atoms. The zero-order chi connectivity index (χ0) is 24.7. The second-order valence-electron chi connectivity index (χ2n) is 6.19. The van der Waals surface area contributed by atoms with E-state index in [1.807, 2.05) is 0 Å². The summed E-state index contributed by atoms with van der Waals surface area (Å²) in [5, 5.41) is 13.6. The molecule has 0 aromatic rings. The van der Waals surface area contributed by atoms with Crippen LogP contribution in [0.5, 0.6) is 0 Å². The summed E-state index contributed by atoms with van der Waals surface area (Å²) in [7, 11) is 0. The van der Waals surface area contributed by atoms with Crippen molar-refractivity contribution in [2.45, 2.75) is 19.0 Å². The maximum atomic E-state index is 11.8. The molecule has 0 saturated carbocycles. The lowest BCUT2D eigenvalue weighted by atomic mass is 10.3. The molecule has 0 saturated heterocycles. The van der Waals surface area contributed by atoms with Crippen molar-refractivity contribution < 1.29 is 33.6 Å². The Hall–Kier alpha value is -3.01. The minimum absolute atomic E-state index is 0.00838. The first-order valence-electron chi connectivity index (χ1n) is 9.15. The first kappa shape index (κ1) is 29.0. The molecule has 0 unspecified atom stereocenters. The second kappa shape index (κ2) is 15.7. The summed E-state index contributed by atoms with van der Waals surface area (Å²) in [6, 6.07) is -1.89. The zero-order valence-electron chi connectivity index (χ0n) is 17.2. The van der Waals surface area contributed by atoms with Crippen molar-refractivity contribution in [2.75, 3.05) is 37.7 Å². The standard InChI is InChI=1S/C16H27N7O7S2/c1-8(24)22-10(7-32)16(30)21-4-13(27)19-2-11(25)18-3-12(26)20-5-14(28)23-9(6-31)15(17)29/h9-10,31-32H,2-7H2,1H3,(H2,17,29)(H,18,25)(H,19,27)(H,20,26)(H,21,30)(H,22,24)(H,23,28)/t9-,10-/m0/s1. The molecule has 180 valence electrons. The van der Waals surface area contributed by atoms with E-state index in [-0.39, 0.29) is 11.5 Å². The van der Waals surface area contributed by atoms with Gasteiger partial charge in [0.15, 0.2) is 0 Å². The van der Waals surface area contributed by atoms with E-state index in [0.29, 0.717) is 0 Å². The molecule has 14 nitrogen and oxygen atoms in total. The molecule has 0 aliphatic heterocycles. The lowest BCUT2D eigenvalue weighted by Gasteiger charge is -2.15. The SMILES string of the molecule is CC(=O)N[C@@H](CS)C(=O)NCC(=O)NCC(=O)NCC(=O)NCC(=O)N[C@@H](CS)C(N)=O. The Bertz CT molecular complexity index is 736. The van der Waals surface area contributed by atoms with Gasteiger partial charge in [-0.1, -0.05) is 0 Å². The minimum atomic E-state index is -0.981. The van der Waals surface area contributed by atoms with Gasteiger partial charge in [-0.25, -0.2) is 0 Å². The van der Waals surface area contributed by atoms with E-state index < -0.39 is 79.6 Å². The third kappa shape index (κ3) is 13.3. The fourth-order valence-corrected chi connectivity index (χ4v) is 2.43.